The quantitative estimate of drug-likeness (QED) is 0.636. The van der Waals surface area contributed by atoms with Gasteiger partial charge in [0.05, 0.1) is 18.2 Å². The Morgan fingerprint density at radius 3 is 2.72 bits per heavy atom. The fourth-order valence-corrected chi connectivity index (χ4v) is 4.76. The summed E-state index contributed by atoms with van der Waals surface area (Å²) in [6.45, 7) is 0.113. The SMILES string of the molecule is COc1ccc2c(c1)/C(=c1/sc3n(c1=O)CN(c1cccc(C(F)(F)F)c1)CN=3)C(=O)N2. The van der Waals surface area contributed by atoms with E-state index in [1.807, 2.05) is 0 Å². The number of carbonyl (C=O) groups is 1. The van der Waals surface area contributed by atoms with E-state index < -0.39 is 23.2 Å². The van der Waals surface area contributed by atoms with Crippen molar-refractivity contribution in [1.82, 2.24) is 4.57 Å². The molecule has 2 aromatic carbocycles. The van der Waals surface area contributed by atoms with Crippen molar-refractivity contribution in [3.8, 4) is 5.75 Å². The number of nitrogens with zero attached hydrogens (tertiary/aromatic N) is 3. The average molecular weight is 460 g/mol. The third-order valence-electron chi connectivity index (χ3n) is 5.29. The Hall–Kier alpha value is -3.60. The molecule has 1 amide bonds. The number of hydrogen-bond donors (Lipinski definition) is 1. The van der Waals surface area contributed by atoms with Gasteiger partial charge >= 0.3 is 6.18 Å². The minimum Gasteiger partial charge on any atom is -0.497 e. The van der Waals surface area contributed by atoms with Crippen LogP contribution in [0.25, 0.3) is 5.57 Å². The largest absolute Gasteiger partial charge is 0.497 e. The molecule has 0 aliphatic carbocycles. The molecule has 0 saturated carbocycles. The van der Waals surface area contributed by atoms with E-state index in [1.54, 1.807) is 23.1 Å². The van der Waals surface area contributed by atoms with E-state index in [0.717, 1.165) is 23.5 Å². The Morgan fingerprint density at radius 2 is 1.97 bits per heavy atom. The standard InChI is InChI=1S/C21H15F3N4O3S/c1-31-13-5-6-15-14(8-13)16(18(29)26-15)17-19(30)28-10-27(9-25-20(28)32-17)12-4-2-3-11(7-12)21(22,23)24/h2-8H,9-10H2,1H3,(H,26,29)/b17-16-. The first-order valence-corrected chi connectivity index (χ1v) is 10.3. The summed E-state index contributed by atoms with van der Waals surface area (Å²) in [7, 11) is 1.51. The molecular formula is C21H15F3N4O3S. The maximum absolute atomic E-state index is 13.2. The molecule has 2 aliphatic heterocycles. The normalized spacial score (nSPS) is 16.9. The first kappa shape index (κ1) is 20.3. The van der Waals surface area contributed by atoms with Crippen molar-refractivity contribution in [2.24, 2.45) is 4.99 Å². The van der Waals surface area contributed by atoms with E-state index in [2.05, 4.69) is 10.3 Å². The highest BCUT2D eigenvalue weighted by atomic mass is 32.1. The highest BCUT2D eigenvalue weighted by molar-refractivity contribution is 7.07. The second-order valence-corrected chi connectivity index (χ2v) is 8.19. The van der Waals surface area contributed by atoms with Crippen molar-refractivity contribution in [1.29, 1.82) is 0 Å². The Morgan fingerprint density at radius 1 is 1.16 bits per heavy atom. The van der Waals surface area contributed by atoms with E-state index >= 15 is 0 Å². The molecule has 0 bridgehead atoms. The van der Waals surface area contributed by atoms with Crippen LogP contribution in [0.15, 0.2) is 52.3 Å². The van der Waals surface area contributed by atoms with Gasteiger partial charge in [-0.3, -0.25) is 14.2 Å². The van der Waals surface area contributed by atoms with Gasteiger partial charge in [-0.25, -0.2) is 4.99 Å². The molecule has 1 aromatic heterocycles. The second kappa shape index (κ2) is 7.23. The van der Waals surface area contributed by atoms with Crippen LogP contribution in [0.1, 0.15) is 11.1 Å². The Kier molecular flexibility index (Phi) is 4.59. The van der Waals surface area contributed by atoms with Crippen molar-refractivity contribution in [3.05, 3.63) is 73.3 Å². The van der Waals surface area contributed by atoms with Crippen molar-refractivity contribution >= 4 is 34.2 Å². The molecule has 2 aliphatic rings. The molecule has 3 aromatic rings. The molecule has 0 atom stereocenters. The average Bonchev–Trinajstić information content (AvgIpc) is 3.27. The van der Waals surface area contributed by atoms with E-state index in [1.165, 1.54) is 23.8 Å². The maximum Gasteiger partial charge on any atom is 0.416 e. The lowest BCUT2D eigenvalue weighted by molar-refractivity contribution is -0.137. The van der Waals surface area contributed by atoms with E-state index in [4.69, 9.17) is 4.74 Å². The zero-order chi connectivity index (χ0) is 22.6. The first-order valence-electron chi connectivity index (χ1n) is 9.46. The molecule has 0 unspecified atom stereocenters. The van der Waals surface area contributed by atoms with Crippen LogP contribution in [-0.4, -0.2) is 24.3 Å². The number of ether oxygens (including phenoxy) is 1. The number of benzene rings is 2. The number of methoxy groups -OCH3 is 1. The van der Waals surface area contributed by atoms with Crippen LogP contribution >= 0.6 is 11.3 Å². The van der Waals surface area contributed by atoms with Crippen LogP contribution in [0.4, 0.5) is 24.5 Å². The topological polar surface area (TPSA) is 75.9 Å². The number of aromatic nitrogens is 1. The lowest BCUT2D eigenvalue weighted by atomic mass is 10.1. The number of fused-ring (bicyclic) bond motifs is 2. The summed E-state index contributed by atoms with van der Waals surface area (Å²) < 4.78 is 46.1. The van der Waals surface area contributed by atoms with Gasteiger partial charge in [0.1, 0.15) is 23.6 Å². The van der Waals surface area contributed by atoms with Gasteiger partial charge in [-0.2, -0.15) is 13.2 Å². The van der Waals surface area contributed by atoms with Crippen LogP contribution in [0.5, 0.6) is 5.75 Å². The van der Waals surface area contributed by atoms with Gasteiger partial charge in [-0.1, -0.05) is 17.4 Å². The molecule has 11 heteroatoms. The van der Waals surface area contributed by atoms with E-state index in [0.29, 0.717) is 27.5 Å². The number of halogens is 3. The van der Waals surface area contributed by atoms with Gasteiger partial charge in [0.15, 0.2) is 4.80 Å². The molecule has 1 N–H and O–H groups in total. The van der Waals surface area contributed by atoms with Gasteiger partial charge in [-0.05, 0) is 36.4 Å². The summed E-state index contributed by atoms with van der Waals surface area (Å²) >= 11 is 1.08. The molecule has 0 radical (unpaired) electrons. The first-order chi connectivity index (χ1) is 15.3. The smallest absolute Gasteiger partial charge is 0.416 e. The molecule has 0 spiro atoms. The molecule has 164 valence electrons. The minimum atomic E-state index is -4.47. The van der Waals surface area contributed by atoms with E-state index in [9.17, 15) is 22.8 Å². The second-order valence-electron chi connectivity index (χ2n) is 7.22. The van der Waals surface area contributed by atoms with Crippen LogP contribution in [-0.2, 0) is 17.6 Å². The van der Waals surface area contributed by atoms with Gasteiger partial charge in [0.2, 0.25) is 0 Å². The summed E-state index contributed by atoms with van der Waals surface area (Å²) in [6, 6.07) is 9.96. The Labute approximate surface area is 182 Å². The van der Waals surface area contributed by atoms with Crippen LogP contribution in [0, 0.1) is 0 Å². The number of thiazole rings is 1. The molecule has 3 heterocycles. The van der Waals surface area contributed by atoms with Gasteiger partial charge in [0, 0.05) is 16.9 Å². The fourth-order valence-electron chi connectivity index (χ4n) is 3.70. The van der Waals surface area contributed by atoms with Crippen molar-refractivity contribution < 1.29 is 22.7 Å². The molecule has 0 fully saturated rings. The Balaban J connectivity index is 1.59. The van der Waals surface area contributed by atoms with Crippen molar-refractivity contribution in [2.45, 2.75) is 12.8 Å². The van der Waals surface area contributed by atoms with Crippen LogP contribution in [0.2, 0.25) is 0 Å². The third-order valence-corrected chi connectivity index (χ3v) is 6.40. The summed E-state index contributed by atoms with van der Waals surface area (Å²) in [6.07, 6.45) is -4.47. The van der Waals surface area contributed by atoms with Crippen molar-refractivity contribution in [3.63, 3.8) is 0 Å². The number of amides is 1. The molecule has 7 nitrogen and oxygen atoms in total. The highest BCUT2D eigenvalue weighted by Gasteiger charge is 2.31. The number of nitrogens with one attached hydrogen (secondary N) is 1. The number of anilines is 2. The van der Waals surface area contributed by atoms with Gasteiger partial charge in [0.25, 0.3) is 11.5 Å². The maximum atomic E-state index is 13.2. The number of alkyl halides is 3. The summed E-state index contributed by atoms with van der Waals surface area (Å²) in [5.74, 6) is 0.138. The summed E-state index contributed by atoms with van der Waals surface area (Å²) in [5, 5.41) is 2.74. The lowest BCUT2D eigenvalue weighted by Crippen LogP contribution is -2.43. The monoisotopic (exact) mass is 460 g/mol. The highest BCUT2D eigenvalue weighted by Crippen LogP contribution is 2.33. The third kappa shape index (κ3) is 3.25. The van der Waals surface area contributed by atoms with E-state index in [-0.39, 0.29) is 23.4 Å². The predicted molar refractivity (Wildman–Crippen MR) is 112 cm³/mol. The number of hydrogen-bond acceptors (Lipinski definition) is 6. The van der Waals surface area contributed by atoms with Crippen LogP contribution in [0.3, 0.4) is 0 Å². The zero-order valence-corrected chi connectivity index (χ0v) is 17.4. The summed E-state index contributed by atoms with van der Waals surface area (Å²) in [5.41, 5.74) is 0.463. The fraction of sp³-hybridized carbons (Fsp3) is 0.190. The number of rotatable bonds is 2. The lowest BCUT2D eigenvalue weighted by Gasteiger charge is -2.26. The number of carbonyl (C=O) groups excluding carboxylic acids is 1. The van der Waals surface area contributed by atoms with Crippen LogP contribution < -0.4 is 29.8 Å². The molecule has 5 rings (SSSR count). The molecule has 32 heavy (non-hydrogen) atoms. The molecular weight excluding hydrogens is 445 g/mol. The van der Waals surface area contributed by atoms with Gasteiger partial charge in [-0.15, -0.1) is 0 Å². The summed E-state index contributed by atoms with van der Waals surface area (Å²) in [4.78, 5) is 32.2. The predicted octanol–water partition coefficient (Wildman–Crippen LogP) is 2.14. The van der Waals surface area contributed by atoms with Gasteiger partial charge < -0.3 is 15.0 Å². The van der Waals surface area contributed by atoms with Crippen molar-refractivity contribution in [2.75, 3.05) is 24.0 Å². The zero-order valence-electron chi connectivity index (χ0n) is 16.6. The molecule has 0 saturated heterocycles. The Bertz CT molecular complexity index is 1440. The minimum absolute atomic E-state index is 0.0232.